The maximum atomic E-state index is 12.0. The Balaban J connectivity index is 1.36. The Bertz CT molecular complexity index is 725. The van der Waals surface area contributed by atoms with Crippen LogP contribution in [0.25, 0.3) is 0 Å². The van der Waals surface area contributed by atoms with Crippen LogP contribution < -0.4 is 16.0 Å². The molecule has 144 valence electrons. The maximum Gasteiger partial charge on any atom is 0.319 e. The molecule has 0 bridgehead atoms. The van der Waals surface area contributed by atoms with Crippen molar-refractivity contribution in [2.24, 2.45) is 0 Å². The zero-order valence-corrected chi connectivity index (χ0v) is 16.0. The molecular formula is C20H25N3O3S. The van der Waals surface area contributed by atoms with E-state index in [-0.39, 0.29) is 18.0 Å². The summed E-state index contributed by atoms with van der Waals surface area (Å²) in [4.78, 5) is 25.2. The molecule has 3 N–H and O–H groups in total. The number of rotatable bonds is 8. The van der Waals surface area contributed by atoms with Crippen LogP contribution in [0.4, 0.5) is 16.2 Å². The topological polar surface area (TPSA) is 79.5 Å². The lowest BCUT2D eigenvalue weighted by Gasteiger charge is -2.12. The lowest BCUT2D eigenvalue weighted by Crippen LogP contribution is -2.35. The number of carbonyl (C=O) groups is 2. The quantitative estimate of drug-likeness (QED) is 0.640. The van der Waals surface area contributed by atoms with Crippen LogP contribution in [0.3, 0.4) is 0 Å². The number of urea groups is 1. The number of anilines is 2. The van der Waals surface area contributed by atoms with Crippen molar-refractivity contribution in [3.05, 3.63) is 46.7 Å². The first kappa shape index (κ1) is 19.4. The number of hydrogen-bond donors (Lipinski definition) is 3. The van der Waals surface area contributed by atoms with Crippen molar-refractivity contribution in [2.75, 3.05) is 23.8 Å². The van der Waals surface area contributed by atoms with Gasteiger partial charge >= 0.3 is 6.03 Å². The Labute approximate surface area is 163 Å². The maximum absolute atomic E-state index is 12.0. The number of aryl methyl sites for hydroxylation is 1. The van der Waals surface area contributed by atoms with Gasteiger partial charge < -0.3 is 20.7 Å². The van der Waals surface area contributed by atoms with Gasteiger partial charge in [-0.15, -0.1) is 11.3 Å². The van der Waals surface area contributed by atoms with E-state index in [1.807, 2.05) is 11.4 Å². The van der Waals surface area contributed by atoms with Crippen LogP contribution in [-0.2, 0) is 16.0 Å². The molecule has 3 rings (SSSR count). The molecule has 2 aromatic rings. The highest BCUT2D eigenvalue weighted by atomic mass is 32.1. The fourth-order valence-corrected chi connectivity index (χ4v) is 3.68. The minimum atomic E-state index is -0.254. The molecule has 1 aromatic heterocycles. The average molecular weight is 388 g/mol. The van der Waals surface area contributed by atoms with Gasteiger partial charge in [-0.3, -0.25) is 4.79 Å². The van der Waals surface area contributed by atoms with Crippen molar-refractivity contribution in [3.8, 4) is 0 Å². The summed E-state index contributed by atoms with van der Waals surface area (Å²) in [6, 6.07) is 11.0. The standard InChI is InChI=1S/C20H25N3O3S/c24-19(7-1-5-18-6-3-13-27-18)22-15-8-10-16(11-9-15)23-20(25)21-14-17-4-2-12-26-17/h3,6,8-11,13,17H,1-2,4-5,7,12,14H2,(H,22,24)(H2,21,23,25). The molecule has 1 fully saturated rings. The SMILES string of the molecule is O=C(CCCc1cccs1)Nc1ccc(NC(=O)NCC2CCCO2)cc1. The van der Waals surface area contributed by atoms with Gasteiger partial charge in [0.05, 0.1) is 6.10 Å². The molecule has 1 aromatic carbocycles. The number of amides is 3. The van der Waals surface area contributed by atoms with E-state index >= 15 is 0 Å². The molecule has 0 radical (unpaired) electrons. The predicted molar refractivity (Wildman–Crippen MR) is 108 cm³/mol. The van der Waals surface area contributed by atoms with Gasteiger partial charge in [0.2, 0.25) is 5.91 Å². The van der Waals surface area contributed by atoms with Gasteiger partial charge in [0.15, 0.2) is 0 Å². The van der Waals surface area contributed by atoms with E-state index in [1.165, 1.54) is 4.88 Å². The fraction of sp³-hybridized carbons (Fsp3) is 0.400. The molecule has 1 unspecified atom stereocenters. The highest BCUT2D eigenvalue weighted by Crippen LogP contribution is 2.16. The Morgan fingerprint density at radius 3 is 2.56 bits per heavy atom. The first-order valence-electron chi connectivity index (χ1n) is 9.28. The Morgan fingerprint density at radius 2 is 1.89 bits per heavy atom. The average Bonchev–Trinajstić information content (AvgIpc) is 3.35. The minimum Gasteiger partial charge on any atom is -0.376 e. The van der Waals surface area contributed by atoms with Crippen LogP contribution in [0, 0.1) is 0 Å². The van der Waals surface area contributed by atoms with E-state index in [1.54, 1.807) is 35.6 Å². The number of benzene rings is 1. The van der Waals surface area contributed by atoms with E-state index in [0.717, 1.165) is 38.0 Å². The summed E-state index contributed by atoms with van der Waals surface area (Å²) in [5, 5.41) is 10.5. The number of ether oxygens (including phenoxy) is 1. The highest BCUT2D eigenvalue weighted by molar-refractivity contribution is 7.09. The van der Waals surface area contributed by atoms with Crippen LogP contribution in [0.2, 0.25) is 0 Å². The summed E-state index contributed by atoms with van der Waals surface area (Å²) in [6.07, 6.45) is 4.40. The molecule has 0 saturated carbocycles. The van der Waals surface area contributed by atoms with E-state index in [4.69, 9.17) is 4.74 Å². The van der Waals surface area contributed by atoms with E-state index in [9.17, 15) is 9.59 Å². The Hall–Kier alpha value is -2.38. The van der Waals surface area contributed by atoms with Crippen molar-refractivity contribution in [2.45, 2.75) is 38.2 Å². The summed E-state index contributed by atoms with van der Waals surface area (Å²) in [6.45, 7) is 1.29. The largest absolute Gasteiger partial charge is 0.376 e. The second kappa shape index (κ2) is 10.1. The monoisotopic (exact) mass is 387 g/mol. The van der Waals surface area contributed by atoms with Gasteiger partial charge in [-0.25, -0.2) is 4.79 Å². The highest BCUT2D eigenvalue weighted by Gasteiger charge is 2.16. The first-order valence-corrected chi connectivity index (χ1v) is 10.2. The number of carbonyl (C=O) groups excluding carboxylic acids is 2. The second-order valence-electron chi connectivity index (χ2n) is 6.53. The predicted octanol–water partition coefficient (Wildman–Crippen LogP) is 4.01. The first-order chi connectivity index (χ1) is 13.2. The van der Waals surface area contributed by atoms with Crippen molar-refractivity contribution >= 4 is 34.6 Å². The molecule has 3 amide bonds. The van der Waals surface area contributed by atoms with Crippen LogP contribution in [0.1, 0.15) is 30.6 Å². The fourth-order valence-electron chi connectivity index (χ4n) is 2.93. The third-order valence-corrected chi connectivity index (χ3v) is 5.28. The molecule has 6 nitrogen and oxygen atoms in total. The smallest absolute Gasteiger partial charge is 0.319 e. The lowest BCUT2D eigenvalue weighted by molar-refractivity contribution is -0.116. The van der Waals surface area contributed by atoms with Crippen molar-refractivity contribution < 1.29 is 14.3 Å². The molecule has 2 heterocycles. The zero-order chi connectivity index (χ0) is 18.9. The van der Waals surface area contributed by atoms with Gasteiger partial charge in [0, 0.05) is 35.8 Å². The molecule has 0 spiro atoms. The summed E-state index contributed by atoms with van der Waals surface area (Å²) >= 11 is 1.72. The summed E-state index contributed by atoms with van der Waals surface area (Å²) in [5.74, 6) is 0.00146. The number of nitrogens with one attached hydrogen (secondary N) is 3. The normalized spacial score (nSPS) is 16.1. The van der Waals surface area contributed by atoms with Crippen molar-refractivity contribution in [1.29, 1.82) is 0 Å². The third-order valence-electron chi connectivity index (χ3n) is 4.35. The number of hydrogen-bond acceptors (Lipinski definition) is 4. The van der Waals surface area contributed by atoms with Crippen LogP contribution >= 0.6 is 11.3 Å². The van der Waals surface area contributed by atoms with Crippen molar-refractivity contribution in [1.82, 2.24) is 5.32 Å². The zero-order valence-electron chi connectivity index (χ0n) is 15.2. The summed E-state index contributed by atoms with van der Waals surface area (Å²) in [5.41, 5.74) is 1.40. The minimum absolute atomic E-state index is 0.00146. The van der Waals surface area contributed by atoms with Crippen LogP contribution in [-0.4, -0.2) is 31.2 Å². The van der Waals surface area contributed by atoms with Gasteiger partial charge in [-0.2, -0.15) is 0 Å². The van der Waals surface area contributed by atoms with Gasteiger partial charge in [-0.05, 0) is 61.4 Å². The molecule has 1 aliphatic heterocycles. The summed E-state index contributed by atoms with van der Waals surface area (Å²) < 4.78 is 5.47. The molecule has 27 heavy (non-hydrogen) atoms. The van der Waals surface area contributed by atoms with Gasteiger partial charge in [-0.1, -0.05) is 6.07 Å². The third kappa shape index (κ3) is 6.69. The molecule has 1 saturated heterocycles. The number of thiophene rings is 1. The van der Waals surface area contributed by atoms with Gasteiger partial charge in [0.25, 0.3) is 0 Å². The van der Waals surface area contributed by atoms with Crippen LogP contribution in [0.5, 0.6) is 0 Å². The van der Waals surface area contributed by atoms with Gasteiger partial charge in [0.1, 0.15) is 0 Å². The molecule has 1 aliphatic rings. The van der Waals surface area contributed by atoms with Crippen LogP contribution in [0.15, 0.2) is 41.8 Å². The lowest BCUT2D eigenvalue weighted by atomic mass is 10.2. The van der Waals surface area contributed by atoms with E-state index in [0.29, 0.717) is 18.7 Å². The molecule has 0 aliphatic carbocycles. The summed E-state index contributed by atoms with van der Waals surface area (Å²) in [7, 11) is 0. The molecular weight excluding hydrogens is 362 g/mol. The van der Waals surface area contributed by atoms with E-state index in [2.05, 4.69) is 22.0 Å². The second-order valence-corrected chi connectivity index (χ2v) is 7.56. The molecule has 7 heteroatoms. The van der Waals surface area contributed by atoms with Crippen molar-refractivity contribution in [3.63, 3.8) is 0 Å². The molecule has 1 atom stereocenters. The Kier molecular flexibility index (Phi) is 7.24. The Morgan fingerprint density at radius 1 is 1.11 bits per heavy atom. The van der Waals surface area contributed by atoms with E-state index < -0.39 is 0 Å².